The fourth-order valence-electron chi connectivity index (χ4n) is 13.5. The van der Waals surface area contributed by atoms with Gasteiger partial charge in [0.25, 0.3) is 0 Å². The molecule has 0 amide bonds. The van der Waals surface area contributed by atoms with E-state index in [9.17, 15) is 0 Å². The molecule has 0 aromatic rings. The van der Waals surface area contributed by atoms with Crippen LogP contribution in [0.1, 0.15) is 154 Å². The van der Waals surface area contributed by atoms with Crippen molar-refractivity contribution in [1.29, 1.82) is 0 Å². The highest BCUT2D eigenvalue weighted by molar-refractivity contribution is 5.28. The molecule has 0 N–H and O–H groups in total. The van der Waals surface area contributed by atoms with Crippen molar-refractivity contribution in [2.45, 2.75) is 154 Å². The van der Waals surface area contributed by atoms with E-state index in [4.69, 9.17) is 0 Å². The molecule has 0 spiro atoms. The van der Waals surface area contributed by atoms with E-state index in [0.29, 0.717) is 27.1 Å². The molecule has 0 aromatic carbocycles. The SMILES string of the molecule is CCCCCC12CC3(CCC)C(C(C)C(C(C)CC)CC3(C)C)C(C)C1C1C(C)C(C)CC(C)(C)C12C. The Labute approximate surface area is 234 Å². The lowest BCUT2D eigenvalue weighted by Gasteiger charge is -2.85. The molecule has 4 saturated carbocycles. The Bertz CT molecular complexity index is 805. The highest BCUT2D eigenvalue weighted by Gasteiger charge is 2.81. The van der Waals surface area contributed by atoms with Gasteiger partial charge in [0.2, 0.25) is 0 Å². The lowest BCUT2D eigenvalue weighted by molar-refractivity contribution is -0.373. The van der Waals surface area contributed by atoms with Crippen LogP contribution >= 0.6 is 0 Å². The average Bonchev–Trinajstić information content (AvgIpc) is 2.81. The van der Waals surface area contributed by atoms with E-state index in [0.717, 1.165) is 53.3 Å². The van der Waals surface area contributed by atoms with E-state index in [2.05, 4.69) is 90.0 Å². The Morgan fingerprint density at radius 3 is 1.86 bits per heavy atom. The predicted molar refractivity (Wildman–Crippen MR) is 164 cm³/mol. The maximum atomic E-state index is 2.84. The quantitative estimate of drug-likeness (QED) is 0.284. The number of hydrogen-bond acceptors (Lipinski definition) is 0. The van der Waals surface area contributed by atoms with Gasteiger partial charge < -0.3 is 0 Å². The molecule has 0 radical (unpaired) electrons. The third-order valence-electron chi connectivity index (χ3n) is 15.5. The number of hydrogen-bond donors (Lipinski definition) is 0. The van der Waals surface area contributed by atoms with E-state index < -0.39 is 0 Å². The lowest BCUT2D eigenvalue weighted by atomic mass is 9.19. The Hall–Kier alpha value is 0. The van der Waals surface area contributed by atoms with E-state index in [1.165, 1.54) is 57.8 Å². The Balaban J connectivity index is 1.92. The standard InChI is InChI=1S/C37H68/c1-14-17-18-20-37-23-36(19-15-2)30(27(7)29(24(4)16-3)22-34(36,11)12)28(8)32(37)31-26(6)25(5)21-33(9,10)35(31,37)13/h24-32H,14-23H2,1-13H3. The van der Waals surface area contributed by atoms with Crippen molar-refractivity contribution >= 4 is 0 Å². The van der Waals surface area contributed by atoms with Crippen LogP contribution < -0.4 is 0 Å². The molecule has 0 saturated heterocycles. The largest absolute Gasteiger partial charge is 0.0654 e. The van der Waals surface area contributed by atoms with Crippen LogP contribution in [-0.4, -0.2) is 0 Å². The van der Waals surface area contributed by atoms with E-state index in [1.807, 2.05) is 0 Å². The van der Waals surface area contributed by atoms with E-state index >= 15 is 0 Å². The summed E-state index contributed by atoms with van der Waals surface area (Å²) < 4.78 is 0. The topological polar surface area (TPSA) is 0 Å². The maximum absolute atomic E-state index is 2.84. The molecule has 12 unspecified atom stereocenters. The molecule has 0 nitrogen and oxygen atoms in total. The summed E-state index contributed by atoms with van der Waals surface area (Å²) in [6, 6.07) is 0. The van der Waals surface area contributed by atoms with Gasteiger partial charge in [0.15, 0.2) is 0 Å². The van der Waals surface area contributed by atoms with Gasteiger partial charge in [-0.1, -0.05) is 122 Å². The molecule has 0 bridgehead atoms. The summed E-state index contributed by atoms with van der Waals surface area (Å²) in [6.45, 7) is 34.5. The minimum Gasteiger partial charge on any atom is -0.0654 e. The normalized spacial score (nSPS) is 50.8. The van der Waals surface area contributed by atoms with Crippen LogP contribution in [0.4, 0.5) is 0 Å². The molecular formula is C37H68. The van der Waals surface area contributed by atoms with Crippen LogP contribution in [0.2, 0.25) is 0 Å². The zero-order valence-electron chi connectivity index (χ0n) is 27.8. The second-order valence-electron chi connectivity index (χ2n) is 17.3. The van der Waals surface area contributed by atoms with Crippen LogP contribution in [-0.2, 0) is 0 Å². The summed E-state index contributed by atoms with van der Waals surface area (Å²) >= 11 is 0. The number of rotatable bonds is 8. The number of fused-ring (bicyclic) bond motifs is 5. The van der Waals surface area contributed by atoms with Crippen LogP contribution in [0.5, 0.6) is 0 Å². The third kappa shape index (κ3) is 3.77. The van der Waals surface area contributed by atoms with Gasteiger partial charge in [0, 0.05) is 0 Å². The smallest absolute Gasteiger partial charge is 0.0181 e. The zero-order chi connectivity index (χ0) is 27.8. The molecule has 0 aliphatic heterocycles. The van der Waals surface area contributed by atoms with Gasteiger partial charge in [-0.2, -0.15) is 0 Å². The fourth-order valence-corrected chi connectivity index (χ4v) is 13.5. The van der Waals surface area contributed by atoms with Gasteiger partial charge in [-0.25, -0.2) is 0 Å². The van der Waals surface area contributed by atoms with Crippen LogP contribution in [0, 0.1) is 80.3 Å². The van der Waals surface area contributed by atoms with Crippen molar-refractivity contribution in [2.24, 2.45) is 80.3 Å². The maximum Gasteiger partial charge on any atom is -0.0181 e. The van der Waals surface area contributed by atoms with Crippen LogP contribution in [0.25, 0.3) is 0 Å². The summed E-state index contributed by atoms with van der Waals surface area (Å²) in [5.74, 6) is 7.99. The molecular weight excluding hydrogens is 444 g/mol. The molecule has 37 heavy (non-hydrogen) atoms. The highest BCUT2D eigenvalue weighted by Crippen LogP contribution is 2.87. The summed E-state index contributed by atoms with van der Waals surface area (Å²) in [6.07, 6.45) is 14.3. The van der Waals surface area contributed by atoms with Gasteiger partial charge in [0.05, 0.1) is 0 Å². The van der Waals surface area contributed by atoms with Gasteiger partial charge in [-0.05, 0) is 112 Å². The molecule has 0 heteroatoms. The van der Waals surface area contributed by atoms with Crippen molar-refractivity contribution in [1.82, 2.24) is 0 Å². The molecule has 4 aliphatic carbocycles. The zero-order valence-corrected chi connectivity index (χ0v) is 27.8. The van der Waals surface area contributed by atoms with Gasteiger partial charge >= 0.3 is 0 Å². The van der Waals surface area contributed by atoms with Crippen molar-refractivity contribution in [3.8, 4) is 0 Å². The molecule has 216 valence electrons. The molecule has 12 atom stereocenters. The van der Waals surface area contributed by atoms with E-state index in [-0.39, 0.29) is 0 Å². The van der Waals surface area contributed by atoms with Crippen molar-refractivity contribution in [2.75, 3.05) is 0 Å². The minimum absolute atomic E-state index is 0.435. The number of unbranched alkanes of at least 4 members (excludes halogenated alkanes) is 2. The van der Waals surface area contributed by atoms with Crippen molar-refractivity contribution < 1.29 is 0 Å². The first-order valence-electron chi connectivity index (χ1n) is 17.1. The summed E-state index contributed by atoms with van der Waals surface area (Å²) in [5, 5.41) is 0. The van der Waals surface area contributed by atoms with Crippen molar-refractivity contribution in [3.63, 3.8) is 0 Å². The summed E-state index contributed by atoms with van der Waals surface area (Å²) in [4.78, 5) is 0. The second-order valence-corrected chi connectivity index (χ2v) is 17.3. The van der Waals surface area contributed by atoms with Gasteiger partial charge in [-0.3, -0.25) is 0 Å². The predicted octanol–water partition coefficient (Wildman–Crippen LogP) is 11.7. The molecule has 0 heterocycles. The molecule has 0 aromatic heterocycles. The van der Waals surface area contributed by atoms with E-state index in [1.54, 1.807) is 6.42 Å². The Kier molecular flexibility index (Phi) is 7.96. The molecule has 4 rings (SSSR count). The third-order valence-corrected chi connectivity index (χ3v) is 15.5. The van der Waals surface area contributed by atoms with Gasteiger partial charge in [-0.15, -0.1) is 0 Å². The fraction of sp³-hybridized carbons (Fsp3) is 1.00. The Morgan fingerprint density at radius 2 is 1.30 bits per heavy atom. The minimum atomic E-state index is 0.435. The van der Waals surface area contributed by atoms with Crippen LogP contribution in [0.15, 0.2) is 0 Å². The summed E-state index contributed by atoms with van der Waals surface area (Å²) in [7, 11) is 0. The second kappa shape index (κ2) is 9.82. The Morgan fingerprint density at radius 1 is 0.649 bits per heavy atom. The first kappa shape index (κ1) is 30.0. The lowest BCUT2D eigenvalue weighted by Crippen LogP contribution is -2.79. The van der Waals surface area contributed by atoms with Crippen LogP contribution in [0.3, 0.4) is 0 Å². The first-order chi connectivity index (χ1) is 17.1. The highest BCUT2D eigenvalue weighted by atomic mass is 14.8. The van der Waals surface area contributed by atoms with Crippen molar-refractivity contribution in [3.05, 3.63) is 0 Å². The first-order valence-corrected chi connectivity index (χ1v) is 17.1. The molecule has 4 fully saturated rings. The molecule has 4 aliphatic rings. The van der Waals surface area contributed by atoms with Gasteiger partial charge in [0.1, 0.15) is 0 Å². The monoisotopic (exact) mass is 513 g/mol. The summed E-state index contributed by atoms with van der Waals surface area (Å²) in [5.41, 5.74) is 2.40. The average molecular weight is 513 g/mol.